The molecule has 2 aromatic heterocycles. The molecular formula is C28H43Cl2N4P. The van der Waals surface area contributed by atoms with E-state index in [-0.39, 0.29) is 18.2 Å². The molecule has 2 atom stereocenters. The molecule has 0 saturated carbocycles. The van der Waals surface area contributed by atoms with Crippen molar-refractivity contribution in [2.75, 3.05) is 27.2 Å². The van der Waals surface area contributed by atoms with Gasteiger partial charge in [0.05, 0.1) is 0 Å². The molecule has 0 amide bonds. The molecule has 194 valence electrons. The van der Waals surface area contributed by atoms with Crippen LogP contribution in [0.1, 0.15) is 90.4 Å². The number of likely N-dealkylation sites (tertiary alicyclic amines) is 2. The largest absolute Gasteiger partial charge is 0.299 e. The summed E-state index contributed by atoms with van der Waals surface area (Å²) < 4.78 is 0. The molecule has 0 bridgehead atoms. The van der Waals surface area contributed by atoms with Crippen LogP contribution in [0.4, 0.5) is 0 Å². The highest BCUT2D eigenvalue weighted by atomic mass is 35.5. The first kappa shape index (κ1) is 28.8. The van der Waals surface area contributed by atoms with Gasteiger partial charge in [-0.2, -0.15) is 0 Å². The molecule has 0 radical (unpaired) electrons. The Morgan fingerprint density at radius 1 is 0.800 bits per heavy atom. The van der Waals surface area contributed by atoms with Gasteiger partial charge in [0.2, 0.25) is 0 Å². The van der Waals surface area contributed by atoms with E-state index in [4.69, 9.17) is 23.2 Å². The van der Waals surface area contributed by atoms with Gasteiger partial charge in [-0.15, -0.1) is 0 Å². The van der Waals surface area contributed by atoms with Crippen LogP contribution in [0.3, 0.4) is 0 Å². The maximum absolute atomic E-state index is 6.29. The van der Waals surface area contributed by atoms with Gasteiger partial charge in [0.1, 0.15) is 10.3 Å². The van der Waals surface area contributed by atoms with Crippen LogP contribution in [0.25, 0.3) is 0 Å². The minimum Gasteiger partial charge on any atom is -0.299 e. The molecule has 2 saturated heterocycles. The maximum Gasteiger partial charge on any atom is 0.129 e. The Morgan fingerprint density at radius 3 is 1.80 bits per heavy atom. The Bertz CT molecular complexity index is 954. The third-order valence-electron chi connectivity index (χ3n) is 7.00. The van der Waals surface area contributed by atoms with Crippen LogP contribution in [0.2, 0.25) is 10.3 Å². The number of pyridine rings is 2. The molecule has 0 spiro atoms. The second-order valence-corrected chi connectivity index (χ2v) is 16.5. The predicted octanol–water partition coefficient (Wildman–Crippen LogP) is 7.71. The molecule has 0 N–H and O–H groups in total. The van der Waals surface area contributed by atoms with Gasteiger partial charge < -0.3 is 0 Å². The molecule has 35 heavy (non-hydrogen) atoms. The van der Waals surface area contributed by atoms with Crippen molar-refractivity contribution in [3.8, 4) is 0 Å². The van der Waals surface area contributed by atoms with Crippen molar-refractivity contribution in [1.29, 1.82) is 0 Å². The van der Waals surface area contributed by atoms with E-state index in [0.29, 0.717) is 22.4 Å². The summed E-state index contributed by atoms with van der Waals surface area (Å²) in [7, 11) is 4.03. The Labute approximate surface area is 224 Å². The second-order valence-electron chi connectivity index (χ2n) is 11.9. The number of halogens is 2. The highest BCUT2D eigenvalue weighted by Gasteiger charge is 2.39. The number of hydrogen-bond acceptors (Lipinski definition) is 4. The first-order valence-corrected chi connectivity index (χ1v) is 14.9. The van der Waals surface area contributed by atoms with E-state index in [9.17, 15) is 0 Å². The van der Waals surface area contributed by atoms with Gasteiger partial charge in [-0.1, -0.05) is 78.7 Å². The van der Waals surface area contributed by atoms with Crippen LogP contribution < -0.4 is 5.30 Å². The normalized spacial score (nSPS) is 21.9. The van der Waals surface area contributed by atoms with Crippen LogP contribution in [-0.2, 0) is 0 Å². The maximum atomic E-state index is 6.29. The molecular weight excluding hydrogens is 494 g/mol. The van der Waals surface area contributed by atoms with Crippen LogP contribution in [0.15, 0.2) is 30.6 Å². The number of hydrogen-bond donors (Lipinski definition) is 0. The highest BCUT2D eigenvalue weighted by molar-refractivity contribution is 7.68. The smallest absolute Gasteiger partial charge is 0.129 e. The van der Waals surface area contributed by atoms with Crippen molar-refractivity contribution < 1.29 is 0 Å². The van der Waals surface area contributed by atoms with Gasteiger partial charge in [-0.3, -0.25) is 9.80 Å². The zero-order valence-electron chi connectivity index (χ0n) is 22.8. The van der Waals surface area contributed by atoms with Crippen molar-refractivity contribution in [3.05, 3.63) is 52.0 Å². The zero-order valence-corrected chi connectivity index (χ0v) is 25.2. The molecule has 2 fully saturated rings. The van der Waals surface area contributed by atoms with E-state index in [1.165, 1.54) is 55.2 Å². The van der Waals surface area contributed by atoms with Gasteiger partial charge in [0.25, 0.3) is 0 Å². The summed E-state index contributed by atoms with van der Waals surface area (Å²) in [6.45, 7) is 16.5. The van der Waals surface area contributed by atoms with Crippen molar-refractivity contribution >= 4 is 36.4 Å². The van der Waals surface area contributed by atoms with Gasteiger partial charge in [-0.05, 0) is 91.7 Å². The minimum atomic E-state index is -0.361. The van der Waals surface area contributed by atoms with Crippen molar-refractivity contribution in [1.82, 2.24) is 19.8 Å². The van der Waals surface area contributed by atoms with E-state index in [2.05, 4.69) is 87.5 Å². The number of rotatable bonds is 3. The van der Waals surface area contributed by atoms with Gasteiger partial charge >= 0.3 is 0 Å². The van der Waals surface area contributed by atoms with E-state index >= 15 is 0 Å². The summed E-state index contributed by atoms with van der Waals surface area (Å²) in [5, 5.41) is 3.13. The summed E-state index contributed by atoms with van der Waals surface area (Å²) >= 11 is 12.0. The standard InChI is InChI=1S/C18H30ClN2P.C10H13ClN2/c1-17(2,3)22(18(4,5)6)15-11-16(19)20-12-13(15)14-9-8-10-21(14)7;1-13-6-2-3-9(13)8-4-5-10(11)12-7-8/h11-12,14H,8-10H2,1-7H3;4-5,7,9H,2-3,6H2,1H3/t14-;9-/m00/s1. The topological polar surface area (TPSA) is 32.3 Å². The van der Waals surface area contributed by atoms with Crippen LogP contribution >= 0.6 is 31.1 Å². The minimum absolute atomic E-state index is 0.240. The molecule has 0 aliphatic carbocycles. The van der Waals surface area contributed by atoms with Crippen LogP contribution in [0, 0.1) is 0 Å². The summed E-state index contributed by atoms with van der Waals surface area (Å²) in [6.07, 6.45) is 8.94. The van der Waals surface area contributed by atoms with E-state index in [0.717, 1.165) is 0 Å². The van der Waals surface area contributed by atoms with Gasteiger partial charge in [0, 0.05) is 24.5 Å². The number of nitrogens with zero attached hydrogens (tertiary/aromatic N) is 4. The molecule has 7 heteroatoms. The molecule has 4 heterocycles. The Kier molecular flexibility index (Phi) is 9.66. The molecule has 0 aromatic carbocycles. The average molecular weight is 538 g/mol. The monoisotopic (exact) mass is 536 g/mol. The van der Waals surface area contributed by atoms with Crippen LogP contribution in [-0.4, -0.2) is 57.3 Å². The first-order valence-electron chi connectivity index (χ1n) is 12.8. The summed E-state index contributed by atoms with van der Waals surface area (Å²) in [4.78, 5) is 13.3. The fraction of sp³-hybridized carbons (Fsp3) is 0.643. The van der Waals surface area contributed by atoms with E-state index in [1.54, 1.807) is 0 Å². The molecule has 0 unspecified atom stereocenters. The Hall–Kier alpha value is -0.770. The fourth-order valence-corrected chi connectivity index (χ4v) is 10.3. The first-order chi connectivity index (χ1) is 16.3. The highest BCUT2D eigenvalue weighted by Crippen LogP contribution is 2.59. The quantitative estimate of drug-likeness (QED) is 0.297. The lowest BCUT2D eigenvalue weighted by Crippen LogP contribution is -2.34. The predicted molar refractivity (Wildman–Crippen MR) is 154 cm³/mol. The number of aromatic nitrogens is 2. The lowest BCUT2D eigenvalue weighted by Gasteiger charge is -2.43. The van der Waals surface area contributed by atoms with Crippen molar-refractivity contribution in [2.24, 2.45) is 0 Å². The third-order valence-corrected chi connectivity index (χ3v) is 11.0. The van der Waals surface area contributed by atoms with E-state index in [1.807, 2.05) is 18.5 Å². The summed E-state index contributed by atoms with van der Waals surface area (Å²) in [5.41, 5.74) is 2.68. The van der Waals surface area contributed by atoms with Gasteiger partial charge in [-0.25, -0.2) is 9.97 Å². The Morgan fingerprint density at radius 2 is 1.34 bits per heavy atom. The molecule has 4 nitrogen and oxygen atoms in total. The SMILES string of the molecule is CN1CCC[C@H]1c1ccc(Cl)nc1.CN1CCC[C@H]1c1cnc(Cl)cc1P(C(C)(C)C)C(C)(C)C. The summed E-state index contributed by atoms with van der Waals surface area (Å²) in [6, 6.07) is 7.12. The molecule has 2 aliphatic rings. The molecule has 4 rings (SSSR count). The summed E-state index contributed by atoms with van der Waals surface area (Å²) in [5.74, 6) is 0. The fourth-order valence-electron chi connectivity index (χ4n) is 5.83. The van der Waals surface area contributed by atoms with Crippen LogP contribution in [0.5, 0.6) is 0 Å². The average Bonchev–Trinajstić information content (AvgIpc) is 3.35. The van der Waals surface area contributed by atoms with E-state index < -0.39 is 0 Å². The lowest BCUT2D eigenvalue weighted by atomic mass is 10.1. The van der Waals surface area contributed by atoms with Gasteiger partial charge in [0.15, 0.2) is 0 Å². The third kappa shape index (κ3) is 7.39. The van der Waals surface area contributed by atoms with Crippen molar-refractivity contribution in [2.45, 2.75) is 89.6 Å². The lowest BCUT2D eigenvalue weighted by molar-refractivity contribution is 0.317. The Balaban J connectivity index is 0.000000223. The second kappa shape index (κ2) is 11.7. The molecule has 2 aliphatic heterocycles. The van der Waals surface area contributed by atoms with Crippen molar-refractivity contribution in [3.63, 3.8) is 0 Å². The molecule has 2 aromatic rings. The zero-order chi connectivity index (χ0) is 26.0.